The number of esters is 1. The van der Waals surface area contributed by atoms with Crippen LogP contribution < -0.4 is 15.8 Å². The molecule has 7 nitrogen and oxygen atoms in total. The third-order valence-corrected chi connectivity index (χ3v) is 5.56. The van der Waals surface area contributed by atoms with E-state index >= 15 is 0 Å². The molecule has 4 N–H and O–H groups in total. The number of nitrogens with one attached hydrogen (secondary N) is 2. The molecule has 0 spiro atoms. The van der Waals surface area contributed by atoms with Crippen molar-refractivity contribution in [3.63, 3.8) is 0 Å². The average molecular weight is 494 g/mol. The summed E-state index contributed by atoms with van der Waals surface area (Å²) < 4.78 is 17.0. The summed E-state index contributed by atoms with van der Waals surface area (Å²) in [5.41, 5.74) is 8.67. The molecule has 0 radical (unpaired) electrons. The first-order valence-electron chi connectivity index (χ1n) is 10.5. The molecule has 178 valence electrons. The van der Waals surface area contributed by atoms with Crippen molar-refractivity contribution in [1.82, 2.24) is 5.32 Å². The number of carbonyl (C=O) groups is 1. The molecule has 1 saturated heterocycles. The second kappa shape index (κ2) is 11.9. The van der Waals surface area contributed by atoms with Gasteiger partial charge in [0.1, 0.15) is 23.3 Å². The minimum absolute atomic E-state index is 0. The Labute approximate surface area is 205 Å². The third-order valence-electron chi connectivity index (χ3n) is 5.56. The smallest absolute Gasteiger partial charge is 0.313 e. The zero-order valence-corrected chi connectivity index (χ0v) is 20.0. The van der Waals surface area contributed by atoms with Crippen molar-refractivity contribution < 1.29 is 18.7 Å². The highest BCUT2D eigenvalue weighted by atomic mass is 35.5. The molecule has 2 aromatic carbocycles. The lowest BCUT2D eigenvalue weighted by atomic mass is 9.91. The molecule has 0 aliphatic carbocycles. The van der Waals surface area contributed by atoms with Crippen molar-refractivity contribution in [2.24, 2.45) is 5.73 Å². The highest BCUT2D eigenvalue weighted by Crippen LogP contribution is 2.30. The molecule has 1 aliphatic rings. The van der Waals surface area contributed by atoms with E-state index in [0.29, 0.717) is 24.2 Å². The number of ether oxygens (including phenoxy) is 2. The molecule has 0 amide bonds. The lowest BCUT2D eigenvalue weighted by Crippen LogP contribution is -2.20. The standard InChI is InChI=1S/C24H27N3O4.2ClH/c1-2-29-24(28)21(15-3-6-18(7-4-15)31-19-9-10-27-13-19)12-17-14-30-22-8-5-16(23(25)26)11-20(17)22;;/h3-8,11,14,19,21,27H,2,9-10,12-13H2,1H3,(H3,25,26);2*1H/t19-,21?;;/m0../s1. The summed E-state index contributed by atoms with van der Waals surface area (Å²) in [4.78, 5) is 12.8. The number of benzene rings is 2. The summed E-state index contributed by atoms with van der Waals surface area (Å²) in [7, 11) is 0. The molecule has 2 heterocycles. The molecule has 0 saturated carbocycles. The van der Waals surface area contributed by atoms with E-state index in [1.807, 2.05) is 30.3 Å². The quantitative estimate of drug-likeness (QED) is 0.246. The van der Waals surface area contributed by atoms with Crippen LogP contribution >= 0.6 is 24.8 Å². The Morgan fingerprint density at radius 2 is 2.00 bits per heavy atom. The van der Waals surface area contributed by atoms with Gasteiger partial charge in [-0.05, 0) is 67.8 Å². The van der Waals surface area contributed by atoms with Crippen molar-refractivity contribution in [2.45, 2.75) is 31.8 Å². The Kier molecular flexibility index (Phi) is 9.58. The molecule has 9 heteroatoms. The first-order valence-corrected chi connectivity index (χ1v) is 10.5. The Morgan fingerprint density at radius 3 is 2.64 bits per heavy atom. The second-order valence-corrected chi connectivity index (χ2v) is 7.70. The second-order valence-electron chi connectivity index (χ2n) is 7.70. The topological polar surface area (TPSA) is 111 Å². The fourth-order valence-electron chi connectivity index (χ4n) is 3.91. The molecule has 1 aliphatic heterocycles. The van der Waals surface area contributed by atoms with Crippen LogP contribution in [-0.2, 0) is 16.0 Å². The maximum atomic E-state index is 12.8. The van der Waals surface area contributed by atoms with E-state index in [4.69, 9.17) is 25.0 Å². The van der Waals surface area contributed by atoms with Crippen LogP contribution in [0.2, 0.25) is 0 Å². The van der Waals surface area contributed by atoms with Gasteiger partial charge >= 0.3 is 5.97 Å². The Hall–Kier alpha value is -2.74. The monoisotopic (exact) mass is 493 g/mol. The van der Waals surface area contributed by atoms with Gasteiger partial charge in [0.15, 0.2) is 0 Å². The van der Waals surface area contributed by atoms with Gasteiger partial charge in [-0.25, -0.2) is 0 Å². The molecule has 3 aromatic rings. The highest BCUT2D eigenvalue weighted by molar-refractivity contribution is 5.99. The van der Waals surface area contributed by atoms with E-state index in [-0.39, 0.29) is 42.7 Å². The number of hydrogen-bond donors (Lipinski definition) is 3. The molecule has 33 heavy (non-hydrogen) atoms. The lowest BCUT2D eigenvalue weighted by Gasteiger charge is -2.17. The average Bonchev–Trinajstić information content (AvgIpc) is 3.42. The summed E-state index contributed by atoms with van der Waals surface area (Å²) in [6.45, 7) is 3.93. The number of nitrogen functional groups attached to an aromatic ring is 1. The van der Waals surface area contributed by atoms with Gasteiger partial charge in [0.25, 0.3) is 0 Å². The Bertz CT molecular complexity index is 1080. The molecule has 0 bridgehead atoms. The summed E-state index contributed by atoms with van der Waals surface area (Å²) >= 11 is 0. The summed E-state index contributed by atoms with van der Waals surface area (Å²) in [5, 5.41) is 11.8. The van der Waals surface area contributed by atoms with Crippen LogP contribution in [0, 0.1) is 5.41 Å². The summed E-state index contributed by atoms with van der Waals surface area (Å²) in [6.07, 6.45) is 3.24. The van der Waals surface area contributed by atoms with Crippen LogP contribution in [0.5, 0.6) is 5.75 Å². The number of fused-ring (bicyclic) bond motifs is 1. The van der Waals surface area contributed by atoms with Gasteiger partial charge in [-0.3, -0.25) is 10.2 Å². The predicted molar refractivity (Wildman–Crippen MR) is 133 cm³/mol. The number of hydrogen-bond acceptors (Lipinski definition) is 6. The summed E-state index contributed by atoms with van der Waals surface area (Å²) in [5.74, 6) is 0.0149. The molecular weight excluding hydrogens is 465 g/mol. The Morgan fingerprint density at radius 1 is 1.24 bits per heavy atom. The maximum absolute atomic E-state index is 12.8. The molecule has 1 unspecified atom stereocenters. The van der Waals surface area contributed by atoms with E-state index in [0.717, 1.165) is 41.8 Å². The fourth-order valence-corrected chi connectivity index (χ4v) is 3.91. The number of amidine groups is 1. The molecular formula is C24H29Cl2N3O4. The fraction of sp³-hybridized carbons (Fsp3) is 0.333. The number of nitrogens with two attached hydrogens (primary N) is 1. The molecule has 4 rings (SSSR count). The van der Waals surface area contributed by atoms with Crippen molar-refractivity contribution in [1.29, 1.82) is 5.41 Å². The minimum atomic E-state index is -0.482. The highest BCUT2D eigenvalue weighted by Gasteiger charge is 2.25. The van der Waals surface area contributed by atoms with Crippen molar-refractivity contribution >= 4 is 47.6 Å². The zero-order valence-electron chi connectivity index (χ0n) is 18.3. The Balaban J connectivity index is 0.00000193. The van der Waals surface area contributed by atoms with Gasteiger partial charge in [0, 0.05) is 17.5 Å². The maximum Gasteiger partial charge on any atom is 0.313 e. The predicted octanol–water partition coefficient (Wildman–Crippen LogP) is 4.19. The molecule has 2 atom stereocenters. The number of halogens is 2. The number of rotatable bonds is 8. The molecule has 1 fully saturated rings. The van der Waals surface area contributed by atoms with Crippen LogP contribution in [-0.4, -0.2) is 37.6 Å². The van der Waals surface area contributed by atoms with Gasteiger partial charge in [0.2, 0.25) is 0 Å². The minimum Gasteiger partial charge on any atom is -0.489 e. The van der Waals surface area contributed by atoms with Crippen LogP contribution in [0.3, 0.4) is 0 Å². The summed E-state index contributed by atoms with van der Waals surface area (Å²) in [6, 6.07) is 13.0. The van der Waals surface area contributed by atoms with E-state index in [9.17, 15) is 4.79 Å². The van der Waals surface area contributed by atoms with Gasteiger partial charge < -0.3 is 24.9 Å². The number of carbonyl (C=O) groups excluding carboxylic acids is 1. The van der Waals surface area contributed by atoms with Crippen LogP contribution in [0.1, 0.15) is 36.0 Å². The first kappa shape index (κ1) is 26.5. The van der Waals surface area contributed by atoms with Gasteiger partial charge in [-0.1, -0.05) is 12.1 Å². The van der Waals surface area contributed by atoms with Crippen LogP contribution in [0.15, 0.2) is 53.1 Å². The van der Waals surface area contributed by atoms with Crippen LogP contribution in [0.25, 0.3) is 11.0 Å². The SMILES string of the molecule is CCOC(=O)C(Cc1coc2ccc(C(=N)N)cc12)c1ccc(O[C@H]2CCNC2)cc1.Cl.Cl. The zero-order chi connectivity index (χ0) is 21.8. The lowest BCUT2D eigenvalue weighted by molar-refractivity contribution is -0.144. The third kappa shape index (κ3) is 6.19. The van der Waals surface area contributed by atoms with Crippen molar-refractivity contribution in [3.8, 4) is 5.75 Å². The van der Waals surface area contributed by atoms with Crippen molar-refractivity contribution in [2.75, 3.05) is 19.7 Å². The van der Waals surface area contributed by atoms with E-state index in [1.54, 1.807) is 25.3 Å². The van der Waals surface area contributed by atoms with Gasteiger partial charge in [0.05, 0.1) is 18.8 Å². The largest absolute Gasteiger partial charge is 0.489 e. The normalized spacial score (nSPS) is 15.8. The molecule has 1 aromatic heterocycles. The first-order chi connectivity index (χ1) is 15.0. The van der Waals surface area contributed by atoms with Crippen molar-refractivity contribution in [3.05, 3.63) is 65.4 Å². The van der Waals surface area contributed by atoms with E-state index < -0.39 is 5.92 Å². The van der Waals surface area contributed by atoms with Gasteiger partial charge in [-0.15, -0.1) is 24.8 Å². The van der Waals surface area contributed by atoms with Gasteiger partial charge in [-0.2, -0.15) is 0 Å². The van der Waals surface area contributed by atoms with E-state index in [1.165, 1.54) is 0 Å². The van der Waals surface area contributed by atoms with Crippen LogP contribution in [0.4, 0.5) is 0 Å². The number of furan rings is 1. The van der Waals surface area contributed by atoms with E-state index in [2.05, 4.69) is 5.32 Å².